The second-order valence-corrected chi connectivity index (χ2v) is 5.86. The lowest BCUT2D eigenvalue weighted by molar-refractivity contribution is 0.307. The van der Waals surface area contributed by atoms with Gasteiger partial charge in [0.2, 0.25) is 0 Å². The molecule has 1 nitrogen and oxygen atoms in total. The van der Waals surface area contributed by atoms with E-state index < -0.39 is 0 Å². The van der Waals surface area contributed by atoms with Gasteiger partial charge in [0, 0.05) is 0 Å². The standard InChI is InChI=1S/C15H25N/c1-11-6-7-12(2)13(10-11)14(8-9-16)15(3,4)5/h6-7,10,14H,8-9,16H2,1-5H3. The van der Waals surface area contributed by atoms with Crippen molar-refractivity contribution in [2.24, 2.45) is 11.1 Å². The summed E-state index contributed by atoms with van der Waals surface area (Å²) >= 11 is 0. The van der Waals surface area contributed by atoms with Crippen LogP contribution in [0.2, 0.25) is 0 Å². The van der Waals surface area contributed by atoms with E-state index in [9.17, 15) is 0 Å². The number of aryl methyl sites for hydroxylation is 2. The Morgan fingerprint density at radius 1 is 1.19 bits per heavy atom. The molecule has 1 aromatic carbocycles. The molecule has 1 unspecified atom stereocenters. The molecule has 0 heterocycles. The maximum atomic E-state index is 5.75. The molecule has 16 heavy (non-hydrogen) atoms. The van der Waals surface area contributed by atoms with Crippen LogP contribution in [0.25, 0.3) is 0 Å². The molecule has 0 amide bonds. The van der Waals surface area contributed by atoms with Crippen molar-refractivity contribution < 1.29 is 0 Å². The fourth-order valence-electron chi connectivity index (χ4n) is 2.36. The summed E-state index contributed by atoms with van der Waals surface area (Å²) in [6.45, 7) is 12.0. The molecule has 2 N–H and O–H groups in total. The second kappa shape index (κ2) is 5.01. The molecule has 90 valence electrons. The van der Waals surface area contributed by atoms with E-state index in [-0.39, 0.29) is 5.41 Å². The Balaban J connectivity index is 3.15. The molecule has 0 fully saturated rings. The zero-order valence-corrected chi connectivity index (χ0v) is 11.3. The molecule has 1 aromatic rings. The summed E-state index contributed by atoms with van der Waals surface area (Å²) in [5.41, 5.74) is 10.2. The van der Waals surface area contributed by atoms with Gasteiger partial charge in [0.15, 0.2) is 0 Å². The minimum absolute atomic E-state index is 0.276. The van der Waals surface area contributed by atoms with Crippen molar-refractivity contribution in [3.8, 4) is 0 Å². The van der Waals surface area contributed by atoms with E-state index >= 15 is 0 Å². The first-order valence-electron chi connectivity index (χ1n) is 6.13. The highest BCUT2D eigenvalue weighted by molar-refractivity contribution is 5.34. The van der Waals surface area contributed by atoms with Crippen molar-refractivity contribution >= 4 is 0 Å². The number of nitrogens with two attached hydrogens (primary N) is 1. The van der Waals surface area contributed by atoms with Crippen molar-refractivity contribution in [3.05, 3.63) is 34.9 Å². The van der Waals surface area contributed by atoms with Crippen LogP contribution in [0.3, 0.4) is 0 Å². The van der Waals surface area contributed by atoms with E-state index in [2.05, 4.69) is 52.8 Å². The summed E-state index contributed by atoms with van der Waals surface area (Å²) in [7, 11) is 0. The Morgan fingerprint density at radius 3 is 2.31 bits per heavy atom. The molecule has 0 bridgehead atoms. The topological polar surface area (TPSA) is 26.0 Å². The number of hydrogen-bond donors (Lipinski definition) is 1. The van der Waals surface area contributed by atoms with Crippen molar-refractivity contribution in [2.75, 3.05) is 6.54 Å². The molecule has 0 aliphatic heterocycles. The van der Waals surface area contributed by atoms with Gasteiger partial charge in [0.1, 0.15) is 0 Å². The summed E-state index contributed by atoms with van der Waals surface area (Å²) in [6.07, 6.45) is 1.06. The molecular formula is C15H25N. The van der Waals surface area contributed by atoms with E-state index in [1.54, 1.807) is 0 Å². The van der Waals surface area contributed by atoms with Gasteiger partial charge in [-0.2, -0.15) is 0 Å². The van der Waals surface area contributed by atoms with Gasteiger partial charge in [-0.1, -0.05) is 44.5 Å². The molecule has 0 aliphatic carbocycles. The van der Waals surface area contributed by atoms with Crippen LogP contribution in [0, 0.1) is 19.3 Å². The average molecular weight is 219 g/mol. The van der Waals surface area contributed by atoms with Crippen molar-refractivity contribution in [3.63, 3.8) is 0 Å². The van der Waals surface area contributed by atoms with Crippen LogP contribution in [-0.2, 0) is 0 Å². The Labute approximate surface area is 100 Å². The normalized spacial score (nSPS) is 13.9. The van der Waals surface area contributed by atoms with Gasteiger partial charge in [-0.05, 0) is 49.3 Å². The Kier molecular flexibility index (Phi) is 4.15. The Morgan fingerprint density at radius 2 is 1.81 bits per heavy atom. The van der Waals surface area contributed by atoms with Crippen LogP contribution < -0.4 is 5.73 Å². The minimum Gasteiger partial charge on any atom is -0.330 e. The van der Waals surface area contributed by atoms with E-state index in [0.717, 1.165) is 13.0 Å². The van der Waals surface area contributed by atoms with Gasteiger partial charge in [-0.3, -0.25) is 0 Å². The second-order valence-electron chi connectivity index (χ2n) is 5.86. The number of hydrogen-bond acceptors (Lipinski definition) is 1. The predicted molar refractivity (Wildman–Crippen MR) is 71.8 cm³/mol. The average Bonchev–Trinajstić information content (AvgIpc) is 2.17. The molecule has 0 saturated carbocycles. The van der Waals surface area contributed by atoms with E-state index in [1.807, 2.05) is 0 Å². The Bertz CT molecular complexity index is 347. The molecule has 0 spiro atoms. The highest BCUT2D eigenvalue weighted by atomic mass is 14.5. The van der Waals surface area contributed by atoms with E-state index in [4.69, 9.17) is 5.73 Å². The lowest BCUT2D eigenvalue weighted by Gasteiger charge is -2.32. The number of rotatable bonds is 3. The van der Waals surface area contributed by atoms with Gasteiger partial charge in [0.05, 0.1) is 0 Å². The molecule has 0 aliphatic rings. The van der Waals surface area contributed by atoms with Gasteiger partial charge in [-0.25, -0.2) is 0 Å². The van der Waals surface area contributed by atoms with Crippen molar-refractivity contribution in [2.45, 2.75) is 47.0 Å². The lowest BCUT2D eigenvalue weighted by atomic mass is 9.73. The van der Waals surface area contributed by atoms with Crippen LogP contribution in [0.15, 0.2) is 18.2 Å². The van der Waals surface area contributed by atoms with Crippen LogP contribution in [0.5, 0.6) is 0 Å². The summed E-state index contributed by atoms with van der Waals surface area (Å²) in [5.74, 6) is 0.553. The fourth-order valence-corrected chi connectivity index (χ4v) is 2.36. The van der Waals surface area contributed by atoms with Crippen molar-refractivity contribution in [1.29, 1.82) is 0 Å². The first kappa shape index (κ1) is 13.2. The zero-order chi connectivity index (χ0) is 12.3. The monoisotopic (exact) mass is 219 g/mol. The summed E-state index contributed by atoms with van der Waals surface area (Å²) in [6, 6.07) is 6.72. The van der Waals surface area contributed by atoms with Crippen LogP contribution in [0.4, 0.5) is 0 Å². The first-order valence-corrected chi connectivity index (χ1v) is 6.13. The predicted octanol–water partition coefficient (Wildman–Crippen LogP) is 3.78. The van der Waals surface area contributed by atoms with Gasteiger partial charge in [0.25, 0.3) is 0 Å². The molecule has 1 heteroatoms. The van der Waals surface area contributed by atoms with E-state index in [1.165, 1.54) is 16.7 Å². The largest absolute Gasteiger partial charge is 0.330 e. The van der Waals surface area contributed by atoms with Gasteiger partial charge < -0.3 is 5.73 Å². The molecule has 1 rings (SSSR count). The van der Waals surface area contributed by atoms with Crippen LogP contribution in [0.1, 0.15) is 49.8 Å². The third-order valence-corrected chi connectivity index (χ3v) is 3.31. The minimum atomic E-state index is 0.276. The van der Waals surface area contributed by atoms with Gasteiger partial charge in [-0.15, -0.1) is 0 Å². The van der Waals surface area contributed by atoms with E-state index in [0.29, 0.717) is 5.92 Å². The molecule has 0 aromatic heterocycles. The van der Waals surface area contributed by atoms with Crippen LogP contribution >= 0.6 is 0 Å². The van der Waals surface area contributed by atoms with Crippen molar-refractivity contribution in [1.82, 2.24) is 0 Å². The Hall–Kier alpha value is -0.820. The SMILES string of the molecule is Cc1ccc(C)c(C(CCN)C(C)(C)C)c1. The quantitative estimate of drug-likeness (QED) is 0.822. The zero-order valence-electron chi connectivity index (χ0n) is 11.3. The number of benzene rings is 1. The lowest BCUT2D eigenvalue weighted by Crippen LogP contribution is -2.22. The molecular weight excluding hydrogens is 194 g/mol. The summed E-state index contributed by atoms with van der Waals surface area (Å²) in [4.78, 5) is 0. The maximum absolute atomic E-state index is 5.75. The smallest absolute Gasteiger partial charge is 0.00712 e. The fraction of sp³-hybridized carbons (Fsp3) is 0.600. The first-order chi connectivity index (χ1) is 7.36. The third-order valence-electron chi connectivity index (χ3n) is 3.31. The molecule has 0 saturated heterocycles. The highest BCUT2D eigenvalue weighted by Gasteiger charge is 2.26. The highest BCUT2D eigenvalue weighted by Crippen LogP contribution is 2.39. The summed E-state index contributed by atoms with van der Waals surface area (Å²) in [5, 5.41) is 0. The third kappa shape index (κ3) is 3.08. The molecule has 1 atom stereocenters. The van der Waals surface area contributed by atoms with Gasteiger partial charge >= 0.3 is 0 Å². The molecule has 0 radical (unpaired) electrons. The van der Waals surface area contributed by atoms with Crippen LogP contribution in [-0.4, -0.2) is 6.54 Å². The maximum Gasteiger partial charge on any atom is -0.00712 e. The summed E-state index contributed by atoms with van der Waals surface area (Å²) < 4.78 is 0.